The van der Waals surface area contributed by atoms with E-state index in [0.29, 0.717) is 13.1 Å². The first-order chi connectivity index (χ1) is 11.4. The standard InChI is InChI=1S/C18H19BrClN3O/c1-12(19)10-21-18(24)9-8-16-13(2)22-23(14(16)3)11-15-6-4-5-7-17(15)20/h4-9H,1,10-11H2,2-3H3,(H,21,24)/b9-8+. The summed E-state index contributed by atoms with van der Waals surface area (Å²) in [5, 5.41) is 8.00. The van der Waals surface area contributed by atoms with Crippen LogP contribution in [0.25, 0.3) is 6.08 Å². The summed E-state index contributed by atoms with van der Waals surface area (Å²) in [5.41, 5.74) is 3.80. The molecule has 6 heteroatoms. The fourth-order valence-corrected chi connectivity index (χ4v) is 2.63. The molecule has 0 aliphatic carbocycles. The Morgan fingerprint density at radius 3 is 2.79 bits per heavy atom. The zero-order valence-electron chi connectivity index (χ0n) is 13.6. The summed E-state index contributed by atoms with van der Waals surface area (Å²) in [6.45, 7) is 8.57. The first-order valence-corrected chi connectivity index (χ1v) is 8.62. The number of hydrogen-bond acceptors (Lipinski definition) is 2. The van der Waals surface area contributed by atoms with E-state index in [-0.39, 0.29) is 5.91 Å². The van der Waals surface area contributed by atoms with Crippen LogP contribution in [0.15, 0.2) is 41.4 Å². The van der Waals surface area contributed by atoms with Gasteiger partial charge in [-0.1, -0.05) is 52.3 Å². The lowest BCUT2D eigenvalue weighted by Gasteiger charge is -2.06. The Kier molecular flexibility index (Phi) is 6.40. The van der Waals surface area contributed by atoms with E-state index in [2.05, 4.69) is 32.9 Å². The molecule has 4 nitrogen and oxygen atoms in total. The molecular weight excluding hydrogens is 390 g/mol. The molecule has 0 saturated carbocycles. The predicted molar refractivity (Wildman–Crippen MR) is 102 cm³/mol. The number of rotatable bonds is 6. The highest BCUT2D eigenvalue weighted by Gasteiger charge is 2.11. The molecule has 2 rings (SSSR count). The second-order valence-corrected chi connectivity index (χ2v) is 6.93. The van der Waals surface area contributed by atoms with E-state index in [9.17, 15) is 4.79 Å². The third-order valence-electron chi connectivity index (χ3n) is 3.57. The summed E-state index contributed by atoms with van der Waals surface area (Å²) in [7, 11) is 0. The van der Waals surface area contributed by atoms with Crippen molar-refractivity contribution in [2.75, 3.05) is 6.54 Å². The van der Waals surface area contributed by atoms with Crippen molar-refractivity contribution < 1.29 is 4.79 Å². The zero-order chi connectivity index (χ0) is 17.7. The molecular formula is C18H19BrClN3O. The molecule has 1 aromatic carbocycles. The van der Waals surface area contributed by atoms with Crippen LogP contribution in [0.1, 0.15) is 22.5 Å². The van der Waals surface area contributed by atoms with Gasteiger partial charge in [-0.2, -0.15) is 5.10 Å². The van der Waals surface area contributed by atoms with Gasteiger partial charge in [0.15, 0.2) is 0 Å². The number of aryl methyl sites for hydroxylation is 1. The number of hydrogen-bond donors (Lipinski definition) is 1. The number of amides is 1. The van der Waals surface area contributed by atoms with Crippen LogP contribution in [0.5, 0.6) is 0 Å². The van der Waals surface area contributed by atoms with Crippen molar-refractivity contribution in [2.45, 2.75) is 20.4 Å². The highest BCUT2D eigenvalue weighted by molar-refractivity contribution is 9.11. The summed E-state index contributed by atoms with van der Waals surface area (Å²) in [6, 6.07) is 7.71. The molecule has 24 heavy (non-hydrogen) atoms. The van der Waals surface area contributed by atoms with Crippen molar-refractivity contribution in [1.82, 2.24) is 15.1 Å². The number of carbonyl (C=O) groups is 1. The van der Waals surface area contributed by atoms with Gasteiger partial charge in [-0.05, 0) is 31.6 Å². The van der Waals surface area contributed by atoms with Crippen LogP contribution in [-0.4, -0.2) is 22.2 Å². The number of halogens is 2. The van der Waals surface area contributed by atoms with E-state index in [1.54, 1.807) is 6.08 Å². The van der Waals surface area contributed by atoms with Crippen LogP contribution in [0, 0.1) is 13.8 Å². The van der Waals surface area contributed by atoms with Crippen LogP contribution in [0.3, 0.4) is 0 Å². The summed E-state index contributed by atoms with van der Waals surface area (Å²) >= 11 is 9.42. The molecule has 0 aliphatic rings. The normalized spacial score (nSPS) is 11.0. The van der Waals surface area contributed by atoms with Crippen LogP contribution in [0.4, 0.5) is 0 Å². The molecule has 0 atom stereocenters. The number of nitrogens with one attached hydrogen (secondary N) is 1. The van der Waals surface area contributed by atoms with Gasteiger partial charge in [-0.3, -0.25) is 9.48 Å². The first kappa shape index (κ1) is 18.5. The van der Waals surface area contributed by atoms with Crippen molar-refractivity contribution >= 4 is 39.5 Å². The molecule has 0 aliphatic heterocycles. The monoisotopic (exact) mass is 407 g/mol. The van der Waals surface area contributed by atoms with Crippen molar-refractivity contribution in [3.63, 3.8) is 0 Å². The Hall–Kier alpha value is -1.85. The van der Waals surface area contributed by atoms with Crippen molar-refractivity contribution in [3.05, 3.63) is 68.9 Å². The molecule has 1 heterocycles. The minimum absolute atomic E-state index is 0.173. The fourth-order valence-electron chi connectivity index (χ4n) is 2.29. The maximum atomic E-state index is 11.8. The minimum atomic E-state index is -0.173. The van der Waals surface area contributed by atoms with Gasteiger partial charge in [0, 0.05) is 33.4 Å². The SMILES string of the molecule is C=C(Br)CNC(=O)/C=C/c1c(C)nn(Cc2ccccc2Cl)c1C. The molecule has 0 bridgehead atoms. The molecule has 0 unspecified atom stereocenters. The molecule has 1 N–H and O–H groups in total. The summed E-state index contributed by atoms with van der Waals surface area (Å²) in [4.78, 5) is 11.8. The van der Waals surface area contributed by atoms with Crippen LogP contribution in [-0.2, 0) is 11.3 Å². The molecule has 2 aromatic rings. The Morgan fingerprint density at radius 2 is 2.12 bits per heavy atom. The maximum absolute atomic E-state index is 11.8. The smallest absolute Gasteiger partial charge is 0.244 e. The second-order valence-electron chi connectivity index (χ2n) is 5.40. The lowest BCUT2D eigenvalue weighted by Crippen LogP contribution is -2.21. The average molecular weight is 409 g/mol. The highest BCUT2D eigenvalue weighted by atomic mass is 79.9. The van der Waals surface area contributed by atoms with Gasteiger partial charge in [0.05, 0.1) is 12.2 Å². The first-order valence-electron chi connectivity index (χ1n) is 7.45. The molecule has 126 valence electrons. The topological polar surface area (TPSA) is 46.9 Å². The van der Waals surface area contributed by atoms with Crippen LogP contribution >= 0.6 is 27.5 Å². The molecule has 1 aromatic heterocycles. The van der Waals surface area contributed by atoms with Gasteiger partial charge in [-0.25, -0.2) is 0 Å². The van der Waals surface area contributed by atoms with Gasteiger partial charge >= 0.3 is 0 Å². The van der Waals surface area contributed by atoms with E-state index in [1.807, 2.05) is 42.8 Å². The van der Waals surface area contributed by atoms with Gasteiger partial charge in [0.1, 0.15) is 0 Å². The number of aromatic nitrogens is 2. The van der Waals surface area contributed by atoms with Crippen LogP contribution < -0.4 is 5.32 Å². The minimum Gasteiger partial charge on any atom is -0.348 e. The number of nitrogens with zero attached hydrogens (tertiary/aromatic N) is 2. The molecule has 0 fully saturated rings. The third kappa shape index (κ3) is 4.82. The van der Waals surface area contributed by atoms with Crippen molar-refractivity contribution in [3.8, 4) is 0 Å². The van der Waals surface area contributed by atoms with Gasteiger partial charge in [0.2, 0.25) is 5.91 Å². The molecule has 0 radical (unpaired) electrons. The summed E-state index contributed by atoms with van der Waals surface area (Å²) < 4.78 is 2.62. The van der Waals surface area contributed by atoms with Crippen LogP contribution in [0.2, 0.25) is 5.02 Å². The van der Waals surface area contributed by atoms with Crippen molar-refractivity contribution in [1.29, 1.82) is 0 Å². The Bertz CT molecular complexity index is 796. The van der Waals surface area contributed by atoms with E-state index >= 15 is 0 Å². The Labute approximate surface area is 155 Å². The molecule has 0 spiro atoms. The largest absolute Gasteiger partial charge is 0.348 e. The summed E-state index contributed by atoms with van der Waals surface area (Å²) in [6.07, 6.45) is 3.29. The predicted octanol–water partition coefficient (Wildman–Crippen LogP) is 4.24. The maximum Gasteiger partial charge on any atom is 0.244 e. The molecule has 1 amide bonds. The lowest BCUT2D eigenvalue weighted by molar-refractivity contribution is -0.116. The Balaban J connectivity index is 2.15. The zero-order valence-corrected chi connectivity index (χ0v) is 16.0. The average Bonchev–Trinajstić information content (AvgIpc) is 2.79. The quantitative estimate of drug-likeness (QED) is 0.727. The van der Waals surface area contributed by atoms with E-state index in [0.717, 1.165) is 32.0 Å². The number of benzene rings is 1. The number of carbonyl (C=O) groups excluding carboxylic acids is 1. The second kappa shape index (κ2) is 8.31. The Morgan fingerprint density at radius 1 is 1.42 bits per heavy atom. The van der Waals surface area contributed by atoms with E-state index < -0.39 is 0 Å². The van der Waals surface area contributed by atoms with Gasteiger partial charge < -0.3 is 5.32 Å². The van der Waals surface area contributed by atoms with Gasteiger partial charge in [-0.15, -0.1) is 0 Å². The van der Waals surface area contributed by atoms with Crippen molar-refractivity contribution in [2.24, 2.45) is 0 Å². The van der Waals surface area contributed by atoms with E-state index in [1.165, 1.54) is 6.08 Å². The fraction of sp³-hybridized carbons (Fsp3) is 0.222. The lowest BCUT2D eigenvalue weighted by atomic mass is 10.1. The van der Waals surface area contributed by atoms with E-state index in [4.69, 9.17) is 11.6 Å². The summed E-state index contributed by atoms with van der Waals surface area (Å²) in [5.74, 6) is -0.173. The highest BCUT2D eigenvalue weighted by Crippen LogP contribution is 2.20. The third-order valence-corrected chi connectivity index (χ3v) is 4.22. The molecule has 0 saturated heterocycles. The van der Waals surface area contributed by atoms with Gasteiger partial charge in [0.25, 0.3) is 0 Å².